The van der Waals surface area contributed by atoms with Crippen LogP contribution in [0, 0.1) is 0 Å². The zero-order valence-electron chi connectivity index (χ0n) is 17.0. The molecule has 1 unspecified atom stereocenters. The topological polar surface area (TPSA) is 86.3 Å². The summed E-state index contributed by atoms with van der Waals surface area (Å²) in [7, 11) is 0. The maximum Gasteiger partial charge on any atom is 0.238 e. The summed E-state index contributed by atoms with van der Waals surface area (Å²) < 4.78 is 22.4. The lowest BCUT2D eigenvalue weighted by molar-refractivity contribution is -0.117. The van der Waals surface area contributed by atoms with E-state index in [-0.39, 0.29) is 31.1 Å². The van der Waals surface area contributed by atoms with E-state index in [9.17, 15) is 9.59 Å². The van der Waals surface area contributed by atoms with Gasteiger partial charge >= 0.3 is 0 Å². The smallest absolute Gasteiger partial charge is 0.238 e. The van der Waals surface area contributed by atoms with Gasteiger partial charge in [-0.05, 0) is 31.7 Å². The number of likely N-dealkylation sites (N-methyl/N-ethyl adjacent to an activating group) is 1. The molecule has 8 heteroatoms. The lowest BCUT2D eigenvalue weighted by Gasteiger charge is -2.30. The van der Waals surface area contributed by atoms with Crippen LogP contribution in [0.15, 0.2) is 36.4 Å². The molecule has 2 heterocycles. The number of hydrogen-bond donors (Lipinski definition) is 1. The number of para-hydroxylation sites is 2. The van der Waals surface area contributed by atoms with E-state index in [2.05, 4.69) is 5.32 Å². The summed E-state index contributed by atoms with van der Waals surface area (Å²) in [4.78, 5) is 26.7. The van der Waals surface area contributed by atoms with Crippen LogP contribution in [0.3, 0.4) is 0 Å². The fourth-order valence-corrected chi connectivity index (χ4v) is 3.48. The lowest BCUT2D eigenvalue weighted by atomic mass is 10.1. The quantitative estimate of drug-likeness (QED) is 0.700. The fourth-order valence-electron chi connectivity index (χ4n) is 3.48. The van der Waals surface area contributed by atoms with Gasteiger partial charge in [0.2, 0.25) is 12.7 Å². The predicted molar refractivity (Wildman–Crippen MR) is 110 cm³/mol. The second kappa shape index (κ2) is 8.62. The average molecular weight is 412 g/mol. The van der Waals surface area contributed by atoms with E-state index in [1.165, 1.54) is 6.92 Å². The third kappa shape index (κ3) is 4.33. The summed E-state index contributed by atoms with van der Waals surface area (Å²) in [5.41, 5.74) is 0.801. The molecule has 0 saturated heterocycles. The highest BCUT2D eigenvalue weighted by Crippen LogP contribution is 2.37. The Balaban J connectivity index is 1.39. The number of fused-ring (bicyclic) bond motifs is 2. The first-order valence-electron chi connectivity index (χ1n) is 9.88. The Labute approximate surface area is 174 Å². The molecule has 30 heavy (non-hydrogen) atoms. The van der Waals surface area contributed by atoms with Crippen LogP contribution in [0.1, 0.15) is 24.2 Å². The third-order valence-corrected chi connectivity index (χ3v) is 5.01. The number of rotatable bonds is 7. The van der Waals surface area contributed by atoms with Crippen LogP contribution in [0.5, 0.6) is 23.0 Å². The molecule has 0 spiro atoms. The second-order valence-electron chi connectivity index (χ2n) is 7.18. The Morgan fingerprint density at radius 1 is 1.07 bits per heavy atom. The van der Waals surface area contributed by atoms with Crippen molar-refractivity contribution in [3.05, 3.63) is 42.0 Å². The molecule has 4 rings (SSSR count). The molecule has 2 aromatic rings. The van der Waals surface area contributed by atoms with Crippen LogP contribution < -0.4 is 24.3 Å². The molecule has 1 atom stereocenters. The van der Waals surface area contributed by atoms with Crippen molar-refractivity contribution in [2.24, 2.45) is 0 Å². The highest BCUT2D eigenvalue weighted by Gasteiger charge is 2.25. The predicted octanol–water partition coefficient (Wildman–Crippen LogP) is 2.72. The molecule has 158 valence electrons. The van der Waals surface area contributed by atoms with E-state index in [1.807, 2.05) is 36.1 Å². The number of Topliss-reactive ketones (excluding diaryl/α,β-unsaturated/α-hetero) is 1. The third-order valence-electron chi connectivity index (χ3n) is 5.01. The molecule has 0 radical (unpaired) electrons. The summed E-state index contributed by atoms with van der Waals surface area (Å²) >= 11 is 0. The fraction of sp³-hybridized carbons (Fsp3) is 0.364. The molecule has 2 aromatic carbocycles. The van der Waals surface area contributed by atoms with Crippen molar-refractivity contribution in [3.8, 4) is 23.0 Å². The van der Waals surface area contributed by atoms with E-state index < -0.39 is 0 Å². The molecular weight excluding hydrogens is 388 g/mol. The minimum Gasteiger partial charge on any atom is -0.486 e. The molecule has 0 aliphatic carbocycles. The van der Waals surface area contributed by atoms with Gasteiger partial charge in [-0.1, -0.05) is 19.1 Å². The minimum absolute atomic E-state index is 0.0975. The number of carbonyl (C=O) groups excluding carboxylic acids is 2. The first-order valence-corrected chi connectivity index (χ1v) is 9.88. The highest BCUT2D eigenvalue weighted by molar-refractivity contribution is 6.05. The van der Waals surface area contributed by atoms with Gasteiger partial charge in [-0.15, -0.1) is 0 Å². The lowest BCUT2D eigenvalue weighted by Crippen LogP contribution is -2.43. The van der Waals surface area contributed by atoms with Gasteiger partial charge in [0.25, 0.3) is 0 Å². The van der Waals surface area contributed by atoms with Crippen LogP contribution >= 0.6 is 0 Å². The van der Waals surface area contributed by atoms with Gasteiger partial charge < -0.3 is 24.3 Å². The molecular formula is C22H24N2O6. The van der Waals surface area contributed by atoms with E-state index in [1.54, 1.807) is 12.1 Å². The van der Waals surface area contributed by atoms with E-state index >= 15 is 0 Å². The van der Waals surface area contributed by atoms with Gasteiger partial charge in [-0.3, -0.25) is 14.5 Å². The Kier molecular flexibility index (Phi) is 5.76. The van der Waals surface area contributed by atoms with Gasteiger partial charge in [0.05, 0.1) is 12.2 Å². The summed E-state index contributed by atoms with van der Waals surface area (Å²) in [5, 5.41) is 2.83. The summed E-state index contributed by atoms with van der Waals surface area (Å²) in [5.74, 6) is 2.06. The van der Waals surface area contributed by atoms with Crippen molar-refractivity contribution in [2.75, 3.05) is 38.4 Å². The second-order valence-corrected chi connectivity index (χ2v) is 7.18. The Bertz CT molecular complexity index is 961. The zero-order chi connectivity index (χ0) is 21.1. The summed E-state index contributed by atoms with van der Waals surface area (Å²) in [6, 6.07) is 10.8. The molecule has 2 aliphatic rings. The SMILES string of the molecule is CCN(CC(=O)Nc1cc2c(cc1C(C)=O)OCO2)CC1COc2ccccc2O1. The molecule has 1 N–H and O–H groups in total. The van der Waals surface area contributed by atoms with E-state index in [0.717, 1.165) is 5.75 Å². The summed E-state index contributed by atoms with van der Waals surface area (Å²) in [6.07, 6.45) is -0.175. The first-order chi connectivity index (χ1) is 14.5. The Morgan fingerprint density at radius 2 is 1.80 bits per heavy atom. The van der Waals surface area contributed by atoms with Crippen molar-refractivity contribution in [2.45, 2.75) is 20.0 Å². The molecule has 1 amide bonds. The number of nitrogens with zero attached hydrogens (tertiary/aromatic N) is 1. The van der Waals surface area contributed by atoms with Crippen molar-refractivity contribution >= 4 is 17.4 Å². The van der Waals surface area contributed by atoms with Crippen LogP contribution in [0.25, 0.3) is 0 Å². The van der Waals surface area contributed by atoms with Crippen molar-refractivity contribution in [1.82, 2.24) is 4.90 Å². The zero-order valence-corrected chi connectivity index (χ0v) is 17.0. The maximum atomic E-state index is 12.7. The van der Waals surface area contributed by atoms with Crippen molar-refractivity contribution in [3.63, 3.8) is 0 Å². The van der Waals surface area contributed by atoms with Crippen LogP contribution in [-0.4, -0.2) is 55.7 Å². The number of amides is 1. The van der Waals surface area contributed by atoms with Gasteiger partial charge in [-0.2, -0.15) is 0 Å². The van der Waals surface area contributed by atoms with Gasteiger partial charge in [0.15, 0.2) is 28.8 Å². The van der Waals surface area contributed by atoms with Crippen LogP contribution in [0.4, 0.5) is 5.69 Å². The number of carbonyl (C=O) groups is 2. The highest BCUT2D eigenvalue weighted by atomic mass is 16.7. The van der Waals surface area contributed by atoms with Gasteiger partial charge in [-0.25, -0.2) is 0 Å². The largest absolute Gasteiger partial charge is 0.486 e. The van der Waals surface area contributed by atoms with Crippen molar-refractivity contribution in [1.29, 1.82) is 0 Å². The molecule has 0 bridgehead atoms. The normalized spacial score (nSPS) is 16.4. The minimum atomic E-state index is -0.227. The molecule has 8 nitrogen and oxygen atoms in total. The van der Waals surface area contributed by atoms with Crippen LogP contribution in [0.2, 0.25) is 0 Å². The summed E-state index contributed by atoms with van der Waals surface area (Å²) in [6.45, 7) is 5.31. The maximum absolute atomic E-state index is 12.7. The van der Waals surface area contributed by atoms with Gasteiger partial charge in [0, 0.05) is 18.2 Å². The van der Waals surface area contributed by atoms with E-state index in [4.69, 9.17) is 18.9 Å². The van der Waals surface area contributed by atoms with E-state index in [0.29, 0.717) is 48.2 Å². The molecule has 0 saturated carbocycles. The first kappa shape index (κ1) is 20.0. The number of hydrogen-bond acceptors (Lipinski definition) is 7. The van der Waals surface area contributed by atoms with Gasteiger partial charge in [0.1, 0.15) is 12.7 Å². The number of ketones is 1. The average Bonchev–Trinajstić information content (AvgIpc) is 3.19. The number of benzene rings is 2. The Hall–Kier alpha value is -3.26. The molecule has 2 aliphatic heterocycles. The van der Waals surface area contributed by atoms with Crippen LogP contribution in [-0.2, 0) is 4.79 Å². The Morgan fingerprint density at radius 3 is 2.53 bits per heavy atom. The molecule has 0 aromatic heterocycles. The van der Waals surface area contributed by atoms with Crippen molar-refractivity contribution < 1.29 is 28.5 Å². The standard InChI is InChI=1S/C22H24N2O6/c1-3-24(10-15-12-27-18-6-4-5-7-19(18)30-15)11-22(26)23-17-9-21-20(28-13-29-21)8-16(17)14(2)25/h4-9,15H,3,10-13H2,1-2H3,(H,23,26). The molecule has 0 fully saturated rings. The number of nitrogens with one attached hydrogen (secondary N) is 1. The number of ether oxygens (including phenoxy) is 4. The monoisotopic (exact) mass is 412 g/mol. The number of anilines is 1.